The van der Waals surface area contributed by atoms with Gasteiger partial charge in [-0.3, -0.25) is 19.4 Å². The number of aromatic nitrogens is 5. The van der Waals surface area contributed by atoms with Crippen LogP contribution >= 0.6 is 11.6 Å². The summed E-state index contributed by atoms with van der Waals surface area (Å²) in [6.45, 7) is 4.51. The lowest BCUT2D eigenvalue weighted by atomic mass is 9.81. The third kappa shape index (κ3) is 2.98. The molecule has 0 spiro atoms. The molecule has 0 aromatic carbocycles. The van der Waals surface area contributed by atoms with Crippen LogP contribution in [0, 0.1) is 5.41 Å². The number of nitrogens with one attached hydrogen (secondary N) is 1. The lowest BCUT2D eigenvalue weighted by Crippen LogP contribution is -2.44. The summed E-state index contributed by atoms with van der Waals surface area (Å²) in [7, 11) is 1.74. The molecule has 142 valence electrons. The highest BCUT2D eigenvalue weighted by molar-refractivity contribution is 6.33. The Hall–Kier alpha value is -2.45. The first-order chi connectivity index (χ1) is 12.9. The number of piperidine rings is 1. The Morgan fingerprint density at radius 1 is 1.37 bits per heavy atom. The maximum Gasteiger partial charge on any atom is 0.266 e. The van der Waals surface area contributed by atoms with Crippen molar-refractivity contribution in [3.8, 4) is 11.3 Å². The number of hydrogen-bond donors (Lipinski definition) is 2. The van der Waals surface area contributed by atoms with Crippen molar-refractivity contribution >= 4 is 28.6 Å². The molecule has 0 amide bonds. The molecule has 0 radical (unpaired) electrons. The van der Waals surface area contributed by atoms with E-state index < -0.39 is 0 Å². The Balaban J connectivity index is 1.78. The van der Waals surface area contributed by atoms with Crippen molar-refractivity contribution in [2.24, 2.45) is 18.2 Å². The van der Waals surface area contributed by atoms with Gasteiger partial charge in [0.15, 0.2) is 5.65 Å². The Labute approximate surface area is 161 Å². The first kappa shape index (κ1) is 17.9. The van der Waals surface area contributed by atoms with Crippen molar-refractivity contribution in [3.63, 3.8) is 0 Å². The summed E-state index contributed by atoms with van der Waals surface area (Å²) < 4.78 is 1.58. The van der Waals surface area contributed by atoms with Gasteiger partial charge in [0, 0.05) is 38.1 Å². The molecule has 0 aliphatic carbocycles. The minimum atomic E-state index is -0.154. The second kappa shape index (κ2) is 6.61. The molecule has 0 atom stereocenters. The standard InChI is InChI=1S/C18H22ClN7O/c1-18(10-20)4-7-26(8-5-18)17-22-15-13(16(27)25(17)2)14(23-24-15)11-3-6-21-9-12(11)19/h3,6,9H,4-5,7-8,10,20H2,1-2H3,(H,23,24). The number of nitrogens with zero attached hydrogens (tertiary/aromatic N) is 5. The molecule has 3 N–H and O–H groups in total. The molecule has 1 saturated heterocycles. The predicted molar refractivity (Wildman–Crippen MR) is 106 cm³/mol. The van der Waals surface area contributed by atoms with Gasteiger partial charge in [0.25, 0.3) is 5.56 Å². The van der Waals surface area contributed by atoms with E-state index >= 15 is 0 Å². The highest BCUT2D eigenvalue weighted by Gasteiger charge is 2.30. The fourth-order valence-electron chi connectivity index (χ4n) is 3.55. The molecule has 1 fully saturated rings. The van der Waals surface area contributed by atoms with Gasteiger partial charge in [-0.25, -0.2) is 0 Å². The van der Waals surface area contributed by atoms with Crippen LogP contribution in [0.2, 0.25) is 5.02 Å². The zero-order chi connectivity index (χ0) is 19.2. The Morgan fingerprint density at radius 2 is 2.11 bits per heavy atom. The SMILES string of the molecule is Cn1c(N2CCC(C)(CN)CC2)nc2[nH]nc(-c3ccncc3Cl)c2c1=O. The summed E-state index contributed by atoms with van der Waals surface area (Å²) in [5, 5.41) is 8.06. The van der Waals surface area contributed by atoms with Gasteiger partial charge < -0.3 is 10.6 Å². The lowest BCUT2D eigenvalue weighted by Gasteiger charge is -2.39. The van der Waals surface area contributed by atoms with Crippen LogP contribution in [-0.2, 0) is 7.05 Å². The van der Waals surface area contributed by atoms with Crippen LogP contribution in [0.3, 0.4) is 0 Å². The van der Waals surface area contributed by atoms with E-state index in [0.717, 1.165) is 25.9 Å². The quantitative estimate of drug-likeness (QED) is 0.711. The summed E-state index contributed by atoms with van der Waals surface area (Å²) in [5.41, 5.74) is 7.51. The minimum absolute atomic E-state index is 0.152. The molecule has 1 aliphatic heterocycles. The number of pyridine rings is 1. The van der Waals surface area contributed by atoms with Gasteiger partial charge in [-0.1, -0.05) is 18.5 Å². The number of anilines is 1. The molecule has 8 nitrogen and oxygen atoms in total. The van der Waals surface area contributed by atoms with Crippen LogP contribution in [0.1, 0.15) is 19.8 Å². The zero-order valence-corrected chi connectivity index (χ0v) is 16.1. The molecule has 4 heterocycles. The maximum atomic E-state index is 13.1. The topological polar surface area (TPSA) is 106 Å². The van der Waals surface area contributed by atoms with Gasteiger partial charge in [-0.05, 0) is 30.9 Å². The average molecular weight is 388 g/mol. The monoisotopic (exact) mass is 387 g/mol. The largest absolute Gasteiger partial charge is 0.342 e. The number of H-pyrrole nitrogens is 1. The third-order valence-electron chi connectivity index (χ3n) is 5.55. The van der Waals surface area contributed by atoms with Crippen LogP contribution < -0.4 is 16.2 Å². The van der Waals surface area contributed by atoms with Gasteiger partial charge in [0.2, 0.25) is 5.95 Å². The highest BCUT2D eigenvalue weighted by atomic mass is 35.5. The van der Waals surface area contributed by atoms with Gasteiger partial charge in [-0.2, -0.15) is 10.1 Å². The van der Waals surface area contributed by atoms with Crippen molar-refractivity contribution in [3.05, 3.63) is 33.8 Å². The molecule has 4 rings (SSSR count). The van der Waals surface area contributed by atoms with E-state index in [1.54, 1.807) is 23.9 Å². The zero-order valence-electron chi connectivity index (χ0n) is 15.4. The summed E-state index contributed by atoms with van der Waals surface area (Å²) in [4.78, 5) is 23.9. The maximum absolute atomic E-state index is 13.1. The normalized spacial score (nSPS) is 16.8. The molecular weight excluding hydrogens is 366 g/mol. The van der Waals surface area contributed by atoms with Gasteiger partial charge in [0.1, 0.15) is 11.1 Å². The minimum Gasteiger partial charge on any atom is -0.342 e. The number of nitrogens with two attached hydrogens (primary N) is 1. The van der Waals surface area contributed by atoms with Crippen LogP contribution in [0.25, 0.3) is 22.3 Å². The van der Waals surface area contributed by atoms with E-state index in [1.807, 2.05) is 0 Å². The first-order valence-electron chi connectivity index (χ1n) is 8.93. The van der Waals surface area contributed by atoms with Gasteiger partial charge in [0.05, 0.1) is 5.02 Å². The molecule has 3 aromatic rings. The second-order valence-corrected chi connectivity index (χ2v) is 7.84. The van der Waals surface area contributed by atoms with Crippen LogP contribution in [0.4, 0.5) is 5.95 Å². The van der Waals surface area contributed by atoms with E-state index in [9.17, 15) is 4.79 Å². The van der Waals surface area contributed by atoms with Crippen LogP contribution in [0.15, 0.2) is 23.3 Å². The van der Waals surface area contributed by atoms with Gasteiger partial charge >= 0.3 is 0 Å². The van der Waals surface area contributed by atoms with E-state index in [2.05, 4.69) is 32.0 Å². The molecule has 0 unspecified atom stereocenters. The predicted octanol–water partition coefficient (Wildman–Crippen LogP) is 1.94. The number of halogens is 1. The number of aromatic amines is 1. The molecule has 3 aromatic heterocycles. The van der Waals surface area contributed by atoms with E-state index in [1.165, 1.54) is 6.20 Å². The summed E-state index contributed by atoms with van der Waals surface area (Å²) in [6.07, 6.45) is 5.10. The molecule has 1 aliphatic rings. The molecule has 27 heavy (non-hydrogen) atoms. The Bertz CT molecular complexity index is 1050. The molecular formula is C18H22ClN7O. The second-order valence-electron chi connectivity index (χ2n) is 7.43. The summed E-state index contributed by atoms with van der Waals surface area (Å²) >= 11 is 6.24. The van der Waals surface area contributed by atoms with E-state index in [0.29, 0.717) is 39.8 Å². The van der Waals surface area contributed by atoms with Crippen molar-refractivity contribution in [2.45, 2.75) is 19.8 Å². The number of hydrogen-bond acceptors (Lipinski definition) is 6. The number of rotatable bonds is 3. The van der Waals surface area contributed by atoms with Crippen molar-refractivity contribution in [2.75, 3.05) is 24.5 Å². The Kier molecular flexibility index (Phi) is 4.39. The van der Waals surface area contributed by atoms with E-state index in [-0.39, 0.29) is 11.0 Å². The molecule has 0 bridgehead atoms. The smallest absolute Gasteiger partial charge is 0.266 e. The van der Waals surface area contributed by atoms with E-state index in [4.69, 9.17) is 17.3 Å². The third-order valence-corrected chi connectivity index (χ3v) is 5.85. The molecule has 0 saturated carbocycles. The van der Waals surface area contributed by atoms with Crippen molar-refractivity contribution in [1.82, 2.24) is 24.7 Å². The Morgan fingerprint density at radius 3 is 2.78 bits per heavy atom. The average Bonchev–Trinajstić information content (AvgIpc) is 3.10. The highest BCUT2D eigenvalue weighted by Crippen LogP contribution is 2.32. The van der Waals surface area contributed by atoms with Crippen LogP contribution in [-0.4, -0.2) is 44.4 Å². The van der Waals surface area contributed by atoms with Crippen molar-refractivity contribution < 1.29 is 0 Å². The lowest BCUT2D eigenvalue weighted by molar-refractivity contribution is 0.256. The van der Waals surface area contributed by atoms with Gasteiger partial charge in [-0.15, -0.1) is 0 Å². The number of fused-ring (bicyclic) bond motifs is 1. The summed E-state index contributed by atoms with van der Waals surface area (Å²) in [5.74, 6) is 0.641. The first-order valence-corrected chi connectivity index (χ1v) is 9.31. The fraction of sp³-hybridized carbons (Fsp3) is 0.444. The van der Waals surface area contributed by atoms with Crippen LogP contribution in [0.5, 0.6) is 0 Å². The van der Waals surface area contributed by atoms with Crippen molar-refractivity contribution in [1.29, 1.82) is 0 Å². The summed E-state index contributed by atoms with van der Waals surface area (Å²) in [6, 6.07) is 1.74. The molecule has 9 heteroatoms. The fourth-order valence-corrected chi connectivity index (χ4v) is 3.75.